The lowest BCUT2D eigenvalue weighted by Gasteiger charge is -2.13. The number of rotatable bonds is 4. The highest BCUT2D eigenvalue weighted by atomic mass is 35.5. The zero-order chi connectivity index (χ0) is 13.1. The maximum atomic E-state index is 6.20. The van der Waals surface area contributed by atoms with Gasteiger partial charge in [-0.2, -0.15) is 0 Å². The molecular formula is C13H14ClNO2S. The van der Waals surface area contributed by atoms with Gasteiger partial charge in [-0.1, -0.05) is 17.7 Å². The van der Waals surface area contributed by atoms with E-state index in [9.17, 15) is 0 Å². The van der Waals surface area contributed by atoms with Gasteiger partial charge in [-0.25, -0.2) is 0 Å². The number of ether oxygens (including phenoxy) is 2. The number of methoxy groups -OCH3 is 2. The van der Waals surface area contributed by atoms with Crippen LogP contribution in [0, 0.1) is 0 Å². The van der Waals surface area contributed by atoms with Gasteiger partial charge in [-0.05, 0) is 29.8 Å². The van der Waals surface area contributed by atoms with Crippen molar-refractivity contribution in [3.05, 3.63) is 45.1 Å². The van der Waals surface area contributed by atoms with Crippen LogP contribution in [0.5, 0.6) is 11.5 Å². The third-order valence-electron chi connectivity index (χ3n) is 2.67. The normalized spacial score (nSPS) is 12.2. The summed E-state index contributed by atoms with van der Waals surface area (Å²) in [7, 11) is 3.21. The van der Waals surface area contributed by atoms with E-state index in [4.69, 9.17) is 26.8 Å². The highest BCUT2D eigenvalue weighted by Gasteiger charge is 2.14. The molecule has 5 heteroatoms. The summed E-state index contributed by atoms with van der Waals surface area (Å²) in [5, 5.41) is 0. The third-order valence-corrected chi connectivity index (χ3v) is 3.98. The van der Waals surface area contributed by atoms with Crippen LogP contribution in [-0.2, 0) is 0 Å². The summed E-state index contributed by atoms with van der Waals surface area (Å²) in [5.41, 5.74) is 7.16. The van der Waals surface area contributed by atoms with Gasteiger partial charge in [0.2, 0.25) is 0 Å². The van der Waals surface area contributed by atoms with Gasteiger partial charge < -0.3 is 15.2 Å². The number of hydrogen-bond acceptors (Lipinski definition) is 4. The Balaban J connectivity index is 2.33. The number of nitrogens with two attached hydrogens (primary N) is 1. The van der Waals surface area contributed by atoms with Crippen LogP contribution in [0.25, 0.3) is 0 Å². The average molecular weight is 284 g/mol. The lowest BCUT2D eigenvalue weighted by atomic mass is 10.1. The van der Waals surface area contributed by atoms with E-state index in [1.54, 1.807) is 14.2 Å². The van der Waals surface area contributed by atoms with Crippen LogP contribution in [-0.4, -0.2) is 14.2 Å². The molecule has 0 saturated carbocycles. The van der Waals surface area contributed by atoms with Crippen molar-refractivity contribution in [2.45, 2.75) is 6.04 Å². The van der Waals surface area contributed by atoms with Crippen LogP contribution in [0.4, 0.5) is 0 Å². The Labute approximate surface area is 115 Å². The number of benzene rings is 1. The van der Waals surface area contributed by atoms with Gasteiger partial charge in [0.25, 0.3) is 0 Å². The van der Waals surface area contributed by atoms with Crippen molar-refractivity contribution in [2.24, 2.45) is 5.73 Å². The van der Waals surface area contributed by atoms with Crippen LogP contribution in [0.15, 0.2) is 30.3 Å². The lowest BCUT2D eigenvalue weighted by Crippen LogP contribution is -2.10. The second-order valence-electron chi connectivity index (χ2n) is 3.73. The van der Waals surface area contributed by atoms with E-state index in [0.717, 1.165) is 14.8 Å². The molecule has 1 unspecified atom stereocenters. The summed E-state index contributed by atoms with van der Waals surface area (Å²) in [6.45, 7) is 0. The van der Waals surface area contributed by atoms with Crippen LogP contribution < -0.4 is 15.2 Å². The predicted octanol–water partition coefficient (Wildman–Crippen LogP) is 3.47. The standard InChI is InChI=1S/C13H14ClNO2S/c1-16-9-4-3-8(7-10(9)17-2)13(15)11-5-6-12(14)18-11/h3-7,13H,15H2,1-2H3. The summed E-state index contributed by atoms with van der Waals surface area (Å²) < 4.78 is 11.2. The van der Waals surface area contributed by atoms with Crippen molar-refractivity contribution >= 4 is 22.9 Å². The molecule has 96 valence electrons. The van der Waals surface area contributed by atoms with Gasteiger partial charge in [-0.15, -0.1) is 11.3 Å². The Hall–Kier alpha value is -1.23. The van der Waals surface area contributed by atoms with Gasteiger partial charge in [0.15, 0.2) is 11.5 Å². The maximum absolute atomic E-state index is 6.20. The molecule has 1 heterocycles. The Morgan fingerprint density at radius 3 is 2.39 bits per heavy atom. The Kier molecular flexibility index (Phi) is 4.11. The lowest BCUT2D eigenvalue weighted by molar-refractivity contribution is 0.354. The molecule has 3 nitrogen and oxygen atoms in total. The minimum Gasteiger partial charge on any atom is -0.493 e. The first kappa shape index (κ1) is 13.2. The van der Waals surface area contributed by atoms with Gasteiger partial charge in [0, 0.05) is 4.88 Å². The van der Waals surface area contributed by atoms with Gasteiger partial charge >= 0.3 is 0 Å². The van der Waals surface area contributed by atoms with Crippen LogP contribution in [0.3, 0.4) is 0 Å². The molecule has 0 aliphatic carbocycles. The topological polar surface area (TPSA) is 44.5 Å². The molecule has 1 atom stereocenters. The fourth-order valence-corrected chi connectivity index (χ4v) is 2.80. The van der Waals surface area contributed by atoms with E-state index in [1.165, 1.54) is 11.3 Å². The van der Waals surface area contributed by atoms with Crippen molar-refractivity contribution in [2.75, 3.05) is 14.2 Å². The van der Waals surface area contributed by atoms with Crippen molar-refractivity contribution in [1.29, 1.82) is 0 Å². The van der Waals surface area contributed by atoms with Crippen molar-refractivity contribution in [1.82, 2.24) is 0 Å². The van der Waals surface area contributed by atoms with E-state index in [2.05, 4.69) is 0 Å². The first-order chi connectivity index (χ1) is 8.65. The molecule has 0 amide bonds. The molecule has 2 aromatic rings. The second-order valence-corrected chi connectivity index (χ2v) is 5.48. The molecule has 0 radical (unpaired) electrons. The van der Waals surface area contributed by atoms with Crippen LogP contribution in [0.1, 0.15) is 16.5 Å². The smallest absolute Gasteiger partial charge is 0.161 e. The number of thiophene rings is 1. The molecule has 0 fully saturated rings. The number of hydrogen-bond donors (Lipinski definition) is 1. The van der Waals surface area contributed by atoms with Crippen molar-refractivity contribution in [3.63, 3.8) is 0 Å². The summed E-state index contributed by atoms with van der Waals surface area (Å²) in [6.07, 6.45) is 0. The van der Waals surface area contributed by atoms with Gasteiger partial charge in [0.1, 0.15) is 0 Å². The molecule has 0 saturated heterocycles. The quantitative estimate of drug-likeness (QED) is 0.934. The molecule has 0 aliphatic heterocycles. The van der Waals surface area contributed by atoms with Crippen molar-refractivity contribution in [3.8, 4) is 11.5 Å². The third kappa shape index (κ3) is 2.61. The summed E-state index contributed by atoms with van der Waals surface area (Å²) in [5.74, 6) is 1.37. The van der Waals surface area contributed by atoms with Crippen LogP contribution >= 0.6 is 22.9 Å². The second kappa shape index (κ2) is 5.61. The molecular weight excluding hydrogens is 270 g/mol. The highest BCUT2D eigenvalue weighted by molar-refractivity contribution is 7.16. The maximum Gasteiger partial charge on any atom is 0.161 e. The largest absolute Gasteiger partial charge is 0.493 e. The molecule has 2 rings (SSSR count). The minimum absolute atomic E-state index is 0.206. The molecule has 1 aromatic heterocycles. The van der Waals surface area contributed by atoms with E-state index < -0.39 is 0 Å². The number of halogens is 1. The highest BCUT2D eigenvalue weighted by Crippen LogP contribution is 2.34. The molecule has 2 N–H and O–H groups in total. The molecule has 1 aromatic carbocycles. The molecule has 0 aliphatic rings. The van der Waals surface area contributed by atoms with Gasteiger partial charge in [-0.3, -0.25) is 0 Å². The van der Waals surface area contributed by atoms with Crippen molar-refractivity contribution < 1.29 is 9.47 Å². The Bertz CT molecular complexity index is 542. The van der Waals surface area contributed by atoms with E-state index in [0.29, 0.717) is 11.5 Å². The SMILES string of the molecule is COc1ccc(C(N)c2ccc(Cl)s2)cc1OC. The van der Waals surface area contributed by atoms with E-state index in [-0.39, 0.29) is 6.04 Å². The Morgan fingerprint density at radius 1 is 1.11 bits per heavy atom. The van der Waals surface area contributed by atoms with E-state index >= 15 is 0 Å². The summed E-state index contributed by atoms with van der Waals surface area (Å²) >= 11 is 7.40. The predicted molar refractivity (Wildman–Crippen MR) is 74.9 cm³/mol. The molecule has 18 heavy (non-hydrogen) atoms. The average Bonchev–Trinajstić information content (AvgIpc) is 2.83. The zero-order valence-electron chi connectivity index (χ0n) is 10.1. The first-order valence-corrected chi connectivity index (χ1v) is 6.58. The van der Waals surface area contributed by atoms with Gasteiger partial charge in [0.05, 0.1) is 24.6 Å². The monoisotopic (exact) mass is 283 g/mol. The minimum atomic E-state index is -0.206. The fourth-order valence-electron chi connectivity index (χ4n) is 1.71. The zero-order valence-corrected chi connectivity index (χ0v) is 11.7. The summed E-state index contributed by atoms with van der Waals surface area (Å²) in [4.78, 5) is 1.02. The molecule has 0 spiro atoms. The Morgan fingerprint density at radius 2 is 1.83 bits per heavy atom. The van der Waals surface area contributed by atoms with Crippen LogP contribution in [0.2, 0.25) is 4.34 Å². The molecule has 0 bridgehead atoms. The fraction of sp³-hybridized carbons (Fsp3) is 0.231. The summed E-state index contributed by atoms with van der Waals surface area (Å²) in [6, 6.07) is 9.25. The first-order valence-electron chi connectivity index (χ1n) is 5.38. The van der Waals surface area contributed by atoms with E-state index in [1.807, 2.05) is 30.3 Å².